The van der Waals surface area contributed by atoms with E-state index in [4.69, 9.17) is 0 Å². The molecule has 0 aliphatic rings. The predicted molar refractivity (Wildman–Crippen MR) is 86.1 cm³/mol. The molecule has 0 spiro atoms. The number of sulfonamides is 1. The van der Waals surface area contributed by atoms with Crippen molar-refractivity contribution in [2.24, 2.45) is 5.92 Å². The Bertz CT molecular complexity index is 591. The van der Waals surface area contributed by atoms with Crippen molar-refractivity contribution in [3.63, 3.8) is 0 Å². The van der Waals surface area contributed by atoms with Gasteiger partial charge in [0.2, 0.25) is 10.0 Å². The van der Waals surface area contributed by atoms with Crippen LogP contribution in [0.1, 0.15) is 26.3 Å². The van der Waals surface area contributed by atoms with E-state index in [1.54, 1.807) is 6.07 Å². The Hall–Kier alpha value is -0.500. The second-order valence-electron chi connectivity index (χ2n) is 5.34. The van der Waals surface area contributed by atoms with Crippen molar-refractivity contribution in [2.45, 2.75) is 32.2 Å². The van der Waals surface area contributed by atoms with Crippen LogP contribution in [0.15, 0.2) is 21.5 Å². The number of hydrogen-bond acceptors (Lipinski definition) is 3. The normalized spacial score (nSPS) is 12.4. The van der Waals surface area contributed by atoms with Gasteiger partial charge in [0.25, 0.3) is 0 Å². The SMILES string of the molecule is CCNCc1cc(Br)cc(S(=O)(=O)N(C)CC(C)C)c1F. The van der Waals surface area contributed by atoms with E-state index in [0.29, 0.717) is 23.1 Å². The molecular formula is C14H22BrFN2O2S. The highest BCUT2D eigenvalue weighted by Crippen LogP contribution is 2.26. The molecule has 21 heavy (non-hydrogen) atoms. The maximum absolute atomic E-state index is 14.5. The number of hydrogen-bond donors (Lipinski definition) is 1. The first-order valence-corrected chi connectivity index (χ1v) is 9.08. The van der Waals surface area contributed by atoms with Gasteiger partial charge in [-0.25, -0.2) is 17.1 Å². The number of rotatable bonds is 7. The lowest BCUT2D eigenvalue weighted by Gasteiger charge is -2.20. The molecule has 0 atom stereocenters. The minimum absolute atomic E-state index is 0.168. The number of nitrogens with one attached hydrogen (secondary N) is 1. The van der Waals surface area contributed by atoms with E-state index in [-0.39, 0.29) is 17.4 Å². The summed E-state index contributed by atoms with van der Waals surface area (Å²) < 4.78 is 41.3. The van der Waals surface area contributed by atoms with Crippen LogP contribution in [0.25, 0.3) is 0 Å². The highest BCUT2D eigenvalue weighted by Gasteiger charge is 2.27. The summed E-state index contributed by atoms with van der Waals surface area (Å²) in [4.78, 5) is -0.284. The molecule has 4 nitrogen and oxygen atoms in total. The first-order valence-electron chi connectivity index (χ1n) is 6.85. The first-order chi connectivity index (χ1) is 9.70. The molecule has 0 saturated heterocycles. The van der Waals surface area contributed by atoms with Crippen LogP contribution in [0.5, 0.6) is 0 Å². The molecule has 1 aromatic carbocycles. The van der Waals surface area contributed by atoms with Gasteiger partial charge in [-0.05, 0) is 24.6 Å². The summed E-state index contributed by atoms with van der Waals surface area (Å²) in [5.41, 5.74) is 0.336. The summed E-state index contributed by atoms with van der Waals surface area (Å²) in [7, 11) is -2.36. The van der Waals surface area contributed by atoms with Crippen LogP contribution < -0.4 is 5.32 Å². The molecule has 0 radical (unpaired) electrons. The van der Waals surface area contributed by atoms with Crippen molar-refractivity contribution in [1.29, 1.82) is 0 Å². The highest BCUT2D eigenvalue weighted by atomic mass is 79.9. The molecular weight excluding hydrogens is 359 g/mol. The van der Waals surface area contributed by atoms with E-state index in [0.717, 1.165) is 0 Å². The molecule has 0 heterocycles. The van der Waals surface area contributed by atoms with Gasteiger partial charge < -0.3 is 5.32 Å². The van der Waals surface area contributed by atoms with Crippen LogP contribution in [0, 0.1) is 11.7 Å². The highest BCUT2D eigenvalue weighted by molar-refractivity contribution is 9.10. The van der Waals surface area contributed by atoms with Gasteiger partial charge in [0.1, 0.15) is 10.7 Å². The predicted octanol–water partition coefficient (Wildman–Crippen LogP) is 2.97. The van der Waals surface area contributed by atoms with Crippen LogP contribution in [-0.2, 0) is 16.6 Å². The topological polar surface area (TPSA) is 49.4 Å². The Balaban J connectivity index is 3.25. The Morgan fingerprint density at radius 3 is 2.52 bits per heavy atom. The van der Waals surface area contributed by atoms with Gasteiger partial charge in [0.15, 0.2) is 0 Å². The lowest BCUT2D eigenvalue weighted by molar-refractivity contribution is 0.413. The molecule has 1 aromatic rings. The zero-order valence-corrected chi connectivity index (χ0v) is 15.2. The van der Waals surface area contributed by atoms with Crippen molar-refractivity contribution in [2.75, 3.05) is 20.1 Å². The molecule has 0 saturated carbocycles. The fourth-order valence-corrected chi connectivity index (χ4v) is 4.09. The van der Waals surface area contributed by atoms with Gasteiger partial charge in [-0.1, -0.05) is 36.7 Å². The quantitative estimate of drug-likeness (QED) is 0.790. The standard InChI is InChI=1S/C14H22BrFN2O2S/c1-5-17-8-11-6-12(15)7-13(14(11)16)21(19,20)18(4)9-10(2)3/h6-7,10,17H,5,8-9H2,1-4H3. The molecule has 0 amide bonds. The summed E-state index contributed by atoms with van der Waals surface area (Å²) in [6, 6.07) is 2.91. The second-order valence-corrected chi connectivity index (χ2v) is 8.27. The Morgan fingerprint density at radius 2 is 2.00 bits per heavy atom. The van der Waals surface area contributed by atoms with Gasteiger partial charge in [-0.2, -0.15) is 0 Å². The Labute approximate surface area is 134 Å². The van der Waals surface area contributed by atoms with E-state index in [2.05, 4.69) is 21.2 Å². The number of benzene rings is 1. The van der Waals surface area contributed by atoms with Gasteiger partial charge >= 0.3 is 0 Å². The molecule has 1 rings (SSSR count). The number of nitrogens with zero attached hydrogens (tertiary/aromatic N) is 1. The minimum Gasteiger partial charge on any atom is -0.313 e. The molecule has 120 valence electrons. The Kier molecular flexibility index (Phi) is 6.77. The van der Waals surface area contributed by atoms with Crippen molar-refractivity contribution >= 4 is 26.0 Å². The van der Waals surface area contributed by atoms with Crippen molar-refractivity contribution in [3.05, 3.63) is 28.0 Å². The van der Waals surface area contributed by atoms with Crippen LogP contribution in [-0.4, -0.2) is 32.9 Å². The van der Waals surface area contributed by atoms with Gasteiger partial charge in [-0.3, -0.25) is 0 Å². The molecule has 0 unspecified atom stereocenters. The summed E-state index contributed by atoms with van der Waals surface area (Å²) >= 11 is 3.25. The molecule has 0 aliphatic carbocycles. The maximum atomic E-state index is 14.5. The molecule has 0 bridgehead atoms. The molecule has 0 aromatic heterocycles. The summed E-state index contributed by atoms with van der Waals surface area (Å²) in [5, 5.41) is 3.00. The number of halogens is 2. The maximum Gasteiger partial charge on any atom is 0.245 e. The van der Waals surface area contributed by atoms with E-state index in [9.17, 15) is 12.8 Å². The van der Waals surface area contributed by atoms with Gasteiger partial charge in [-0.15, -0.1) is 0 Å². The third-order valence-corrected chi connectivity index (χ3v) is 5.24. The van der Waals surface area contributed by atoms with Crippen LogP contribution in [0.4, 0.5) is 4.39 Å². The minimum atomic E-state index is -3.83. The average molecular weight is 381 g/mol. The molecule has 0 fully saturated rings. The third-order valence-electron chi connectivity index (χ3n) is 2.96. The summed E-state index contributed by atoms with van der Waals surface area (Å²) in [6.45, 7) is 7.06. The van der Waals surface area contributed by atoms with Crippen molar-refractivity contribution < 1.29 is 12.8 Å². The summed E-state index contributed by atoms with van der Waals surface area (Å²) in [5.74, 6) is -0.518. The van der Waals surface area contributed by atoms with E-state index < -0.39 is 15.8 Å². The van der Waals surface area contributed by atoms with Crippen LogP contribution >= 0.6 is 15.9 Å². The van der Waals surface area contributed by atoms with Crippen molar-refractivity contribution in [3.8, 4) is 0 Å². The largest absolute Gasteiger partial charge is 0.313 e. The molecule has 0 aliphatic heterocycles. The third kappa shape index (κ3) is 4.74. The fraction of sp³-hybridized carbons (Fsp3) is 0.571. The smallest absolute Gasteiger partial charge is 0.245 e. The molecule has 1 N–H and O–H groups in total. The van der Waals surface area contributed by atoms with E-state index >= 15 is 0 Å². The second kappa shape index (κ2) is 7.67. The van der Waals surface area contributed by atoms with Crippen molar-refractivity contribution in [1.82, 2.24) is 9.62 Å². The average Bonchev–Trinajstić information content (AvgIpc) is 2.38. The van der Waals surface area contributed by atoms with E-state index in [1.165, 1.54) is 17.4 Å². The zero-order chi connectivity index (χ0) is 16.2. The summed E-state index contributed by atoms with van der Waals surface area (Å²) in [6.07, 6.45) is 0. The lowest BCUT2D eigenvalue weighted by Crippen LogP contribution is -2.31. The fourth-order valence-electron chi connectivity index (χ4n) is 1.97. The van der Waals surface area contributed by atoms with Crippen LogP contribution in [0.2, 0.25) is 0 Å². The molecule has 7 heteroatoms. The Morgan fingerprint density at radius 1 is 1.38 bits per heavy atom. The van der Waals surface area contributed by atoms with Gasteiger partial charge in [0, 0.05) is 30.2 Å². The van der Waals surface area contributed by atoms with Crippen LogP contribution in [0.3, 0.4) is 0 Å². The monoisotopic (exact) mass is 380 g/mol. The first kappa shape index (κ1) is 18.5. The zero-order valence-electron chi connectivity index (χ0n) is 12.8. The lowest BCUT2D eigenvalue weighted by atomic mass is 10.2. The van der Waals surface area contributed by atoms with Gasteiger partial charge in [0.05, 0.1) is 0 Å². The van der Waals surface area contributed by atoms with E-state index in [1.807, 2.05) is 20.8 Å².